The predicted molar refractivity (Wildman–Crippen MR) is 95.9 cm³/mol. The molecule has 1 saturated heterocycles. The Labute approximate surface area is 149 Å². The maximum Gasteiger partial charge on any atom is 0.240 e. The van der Waals surface area contributed by atoms with Crippen molar-refractivity contribution in [2.45, 2.75) is 45.4 Å². The van der Waals surface area contributed by atoms with Gasteiger partial charge >= 0.3 is 0 Å². The molecular weight excluding hydrogens is 316 g/mol. The molecule has 0 saturated carbocycles. The zero-order chi connectivity index (χ0) is 17.8. The van der Waals surface area contributed by atoms with E-state index in [0.717, 1.165) is 13.1 Å². The van der Waals surface area contributed by atoms with E-state index in [-0.39, 0.29) is 12.1 Å². The molecule has 0 aliphatic carbocycles. The van der Waals surface area contributed by atoms with Gasteiger partial charge in [-0.2, -0.15) is 4.98 Å². The molecule has 0 spiro atoms. The van der Waals surface area contributed by atoms with E-state index < -0.39 is 0 Å². The number of ether oxygens (including phenoxy) is 1. The van der Waals surface area contributed by atoms with Gasteiger partial charge in [-0.05, 0) is 18.4 Å². The molecule has 1 aromatic heterocycles. The summed E-state index contributed by atoms with van der Waals surface area (Å²) in [5.74, 6) is 2.06. The minimum atomic E-state index is -0.155. The highest BCUT2D eigenvalue weighted by Crippen LogP contribution is 2.27. The number of likely N-dealkylation sites (tertiary alicyclic amines) is 1. The van der Waals surface area contributed by atoms with Crippen LogP contribution in [0.5, 0.6) is 0 Å². The molecule has 0 radical (unpaired) electrons. The first-order chi connectivity index (χ1) is 12.0. The molecule has 6 heteroatoms. The van der Waals surface area contributed by atoms with Gasteiger partial charge in [0.1, 0.15) is 6.10 Å². The maximum atomic E-state index is 6.35. The summed E-state index contributed by atoms with van der Waals surface area (Å²) in [5.41, 5.74) is 7.64. The average Bonchev–Trinajstić information content (AvgIpc) is 3.20. The Morgan fingerprint density at radius 1 is 1.24 bits per heavy atom. The first-order valence-corrected chi connectivity index (χ1v) is 9.00. The summed E-state index contributed by atoms with van der Waals surface area (Å²) in [7, 11) is 0. The Kier molecular flexibility index (Phi) is 5.83. The van der Waals surface area contributed by atoms with Crippen LogP contribution in [-0.4, -0.2) is 40.8 Å². The van der Waals surface area contributed by atoms with Gasteiger partial charge in [-0.25, -0.2) is 0 Å². The number of benzene rings is 1. The molecule has 0 bridgehead atoms. The van der Waals surface area contributed by atoms with E-state index in [9.17, 15) is 0 Å². The SMILES string of the molecule is CC(C)COC(C)c1noc(CN2C[C@@H](N)[C@H](c3ccccc3)C2)n1. The van der Waals surface area contributed by atoms with Crippen molar-refractivity contribution in [2.24, 2.45) is 11.7 Å². The number of hydrogen-bond donors (Lipinski definition) is 1. The number of aromatic nitrogens is 2. The van der Waals surface area contributed by atoms with Gasteiger partial charge < -0.3 is 15.0 Å². The molecule has 3 atom stereocenters. The van der Waals surface area contributed by atoms with Crippen LogP contribution in [0, 0.1) is 5.92 Å². The second-order valence-electron chi connectivity index (χ2n) is 7.29. The first kappa shape index (κ1) is 18.0. The van der Waals surface area contributed by atoms with Crippen LogP contribution in [0.15, 0.2) is 34.9 Å². The summed E-state index contributed by atoms with van der Waals surface area (Å²) in [5, 5.41) is 4.06. The van der Waals surface area contributed by atoms with E-state index in [0.29, 0.717) is 36.7 Å². The Bertz CT molecular complexity index is 658. The number of rotatable bonds is 7. The fourth-order valence-electron chi connectivity index (χ4n) is 3.20. The molecule has 25 heavy (non-hydrogen) atoms. The molecule has 2 aromatic rings. The zero-order valence-electron chi connectivity index (χ0n) is 15.3. The van der Waals surface area contributed by atoms with E-state index in [1.807, 2.05) is 13.0 Å². The second-order valence-corrected chi connectivity index (χ2v) is 7.29. The van der Waals surface area contributed by atoms with Crippen molar-refractivity contribution >= 4 is 0 Å². The van der Waals surface area contributed by atoms with Gasteiger partial charge in [-0.15, -0.1) is 0 Å². The summed E-state index contributed by atoms with van der Waals surface area (Å²) >= 11 is 0. The molecule has 1 unspecified atom stereocenters. The van der Waals surface area contributed by atoms with Gasteiger partial charge in [-0.3, -0.25) is 4.90 Å². The van der Waals surface area contributed by atoms with Gasteiger partial charge in [0.25, 0.3) is 0 Å². The van der Waals surface area contributed by atoms with Crippen LogP contribution in [0.1, 0.15) is 50.1 Å². The van der Waals surface area contributed by atoms with E-state index in [1.54, 1.807) is 0 Å². The Balaban J connectivity index is 1.57. The third-order valence-corrected chi connectivity index (χ3v) is 4.55. The lowest BCUT2D eigenvalue weighted by atomic mass is 9.95. The molecule has 1 aliphatic heterocycles. The summed E-state index contributed by atoms with van der Waals surface area (Å²) in [6, 6.07) is 10.6. The van der Waals surface area contributed by atoms with Crippen molar-refractivity contribution in [3.05, 3.63) is 47.6 Å². The normalized spacial score (nSPS) is 22.6. The molecular formula is C19H28N4O2. The molecule has 1 fully saturated rings. The van der Waals surface area contributed by atoms with Crippen LogP contribution in [0.25, 0.3) is 0 Å². The Morgan fingerprint density at radius 2 is 2.00 bits per heavy atom. The van der Waals surface area contributed by atoms with Crippen molar-refractivity contribution in [3.63, 3.8) is 0 Å². The summed E-state index contributed by atoms with van der Waals surface area (Å²) < 4.78 is 11.2. The van der Waals surface area contributed by atoms with Crippen LogP contribution < -0.4 is 5.73 Å². The highest BCUT2D eigenvalue weighted by atomic mass is 16.5. The smallest absolute Gasteiger partial charge is 0.240 e. The zero-order valence-corrected chi connectivity index (χ0v) is 15.3. The lowest BCUT2D eigenvalue weighted by molar-refractivity contribution is 0.0402. The number of hydrogen-bond acceptors (Lipinski definition) is 6. The van der Waals surface area contributed by atoms with Crippen molar-refractivity contribution in [1.29, 1.82) is 0 Å². The lowest BCUT2D eigenvalue weighted by Crippen LogP contribution is -2.28. The molecule has 2 N–H and O–H groups in total. The number of nitrogens with two attached hydrogens (primary N) is 1. The van der Waals surface area contributed by atoms with Gasteiger partial charge in [0.05, 0.1) is 6.54 Å². The summed E-state index contributed by atoms with van der Waals surface area (Å²) in [4.78, 5) is 6.77. The van der Waals surface area contributed by atoms with E-state index in [2.05, 4.69) is 53.2 Å². The molecule has 136 valence electrons. The Morgan fingerprint density at radius 3 is 2.72 bits per heavy atom. The predicted octanol–water partition coefficient (Wildman–Crippen LogP) is 2.73. The van der Waals surface area contributed by atoms with Crippen LogP contribution in [0.4, 0.5) is 0 Å². The van der Waals surface area contributed by atoms with Gasteiger partial charge in [0.15, 0.2) is 5.82 Å². The van der Waals surface area contributed by atoms with Crippen LogP contribution in [0.3, 0.4) is 0 Å². The van der Waals surface area contributed by atoms with Gasteiger partial charge in [-0.1, -0.05) is 49.3 Å². The summed E-state index contributed by atoms with van der Waals surface area (Å²) in [6.45, 7) is 9.24. The van der Waals surface area contributed by atoms with E-state index >= 15 is 0 Å². The molecule has 1 aromatic carbocycles. The fourth-order valence-corrected chi connectivity index (χ4v) is 3.20. The molecule has 0 amide bonds. The molecule has 3 rings (SSSR count). The van der Waals surface area contributed by atoms with Crippen molar-refractivity contribution in [3.8, 4) is 0 Å². The first-order valence-electron chi connectivity index (χ1n) is 9.00. The topological polar surface area (TPSA) is 77.4 Å². The lowest BCUT2D eigenvalue weighted by Gasteiger charge is -2.14. The Hall–Kier alpha value is -1.76. The van der Waals surface area contributed by atoms with Crippen LogP contribution in [0.2, 0.25) is 0 Å². The molecule has 1 aliphatic rings. The summed E-state index contributed by atoms with van der Waals surface area (Å²) in [6.07, 6.45) is -0.155. The third-order valence-electron chi connectivity index (χ3n) is 4.55. The van der Waals surface area contributed by atoms with Crippen molar-refractivity contribution in [2.75, 3.05) is 19.7 Å². The quantitative estimate of drug-likeness (QED) is 0.832. The fraction of sp³-hybridized carbons (Fsp3) is 0.579. The van der Waals surface area contributed by atoms with Gasteiger partial charge in [0.2, 0.25) is 5.89 Å². The number of nitrogens with zero attached hydrogens (tertiary/aromatic N) is 3. The highest BCUT2D eigenvalue weighted by Gasteiger charge is 2.32. The molecule has 6 nitrogen and oxygen atoms in total. The van der Waals surface area contributed by atoms with Crippen LogP contribution >= 0.6 is 0 Å². The van der Waals surface area contributed by atoms with E-state index in [1.165, 1.54) is 5.56 Å². The van der Waals surface area contributed by atoms with E-state index in [4.69, 9.17) is 15.0 Å². The highest BCUT2D eigenvalue weighted by molar-refractivity contribution is 5.23. The largest absolute Gasteiger partial charge is 0.370 e. The average molecular weight is 344 g/mol. The minimum Gasteiger partial charge on any atom is -0.370 e. The van der Waals surface area contributed by atoms with Crippen molar-refractivity contribution in [1.82, 2.24) is 15.0 Å². The monoisotopic (exact) mass is 344 g/mol. The van der Waals surface area contributed by atoms with Crippen LogP contribution in [-0.2, 0) is 11.3 Å². The maximum absolute atomic E-state index is 6.35. The minimum absolute atomic E-state index is 0.123. The van der Waals surface area contributed by atoms with Gasteiger partial charge in [0, 0.05) is 31.7 Å². The van der Waals surface area contributed by atoms with Crippen molar-refractivity contribution < 1.29 is 9.26 Å². The second kappa shape index (κ2) is 8.08. The molecule has 2 heterocycles. The third kappa shape index (κ3) is 4.66. The standard InChI is InChI=1S/C19H28N4O2/c1-13(2)12-24-14(3)19-21-18(25-22-19)11-23-9-16(17(20)10-23)15-7-5-4-6-8-15/h4-8,13-14,16-17H,9-12,20H2,1-3H3/t14?,16-,17+/m0/s1.